The van der Waals surface area contributed by atoms with E-state index in [0.29, 0.717) is 10.8 Å². The molecule has 0 spiro atoms. The summed E-state index contributed by atoms with van der Waals surface area (Å²) in [7, 11) is 0. The van der Waals surface area contributed by atoms with E-state index in [1.54, 1.807) is 0 Å². The Labute approximate surface area is 118 Å². The minimum atomic E-state index is 0.685. The first kappa shape index (κ1) is 12.8. The molecule has 19 heavy (non-hydrogen) atoms. The minimum absolute atomic E-state index is 0.685. The van der Waals surface area contributed by atoms with Crippen molar-refractivity contribution in [1.29, 1.82) is 5.26 Å². The average molecular weight is 273 g/mol. The topological polar surface area (TPSA) is 48.7 Å². The number of aryl methyl sites for hydroxylation is 2. The maximum atomic E-state index is 9.28. The molecule has 0 radical (unpaired) electrons. The smallest absolute Gasteiger partial charge is 0.144 e. The number of aromatic nitrogens is 1. The number of hydrogen-bond donors (Lipinski definition) is 1. The molecule has 4 heteroatoms. The summed E-state index contributed by atoms with van der Waals surface area (Å²) in [6, 6.07) is 4.34. The SMILES string of the molecule is N#Cc1cc2c(nc1NCC1CCCS1)CCCC2. The Morgan fingerprint density at radius 2 is 2.26 bits per heavy atom. The fourth-order valence-corrected chi connectivity index (χ4v) is 4.07. The van der Waals surface area contributed by atoms with Crippen LogP contribution in [0.25, 0.3) is 0 Å². The first-order valence-electron chi connectivity index (χ1n) is 7.15. The van der Waals surface area contributed by atoms with Crippen LogP contribution in [0.15, 0.2) is 6.07 Å². The largest absolute Gasteiger partial charge is 0.368 e. The number of rotatable bonds is 3. The maximum Gasteiger partial charge on any atom is 0.144 e. The molecule has 1 unspecified atom stereocenters. The van der Waals surface area contributed by atoms with Gasteiger partial charge in [-0.2, -0.15) is 17.0 Å². The van der Waals surface area contributed by atoms with Crippen LogP contribution in [0.5, 0.6) is 0 Å². The fourth-order valence-electron chi connectivity index (χ4n) is 2.87. The van der Waals surface area contributed by atoms with Gasteiger partial charge in [0.2, 0.25) is 0 Å². The zero-order valence-corrected chi connectivity index (χ0v) is 11.9. The van der Waals surface area contributed by atoms with E-state index < -0.39 is 0 Å². The van der Waals surface area contributed by atoms with Crippen molar-refractivity contribution in [3.05, 3.63) is 22.9 Å². The second-order valence-electron chi connectivity index (χ2n) is 5.33. The zero-order valence-electron chi connectivity index (χ0n) is 11.1. The first-order chi connectivity index (χ1) is 9.36. The van der Waals surface area contributed by atoms with Crippen LogP contribution in [0.3, 0.4) is 0 Å². The summed E-state index contributed by atoms with van der Waals surface area (Å²) in [5, 5.41) is 13.4. The van der Waals surface area contributed by atoms with Crippen LogP contribution >= 0.6 is 11.8 Å². The number of nitrogens with zero attached hydrogens (tertiary/aromatic N) is 2. The number of nitrogens with one attached hydrogen (secondary N) is 1. The van der Waals surface area contributed by atoms with E-state index in [0.717, 1.165) is 25.2 Å². The fraction of sp³-hybridized carbons (Fsp3) is 0.600. The van der Waals surface area contributed by atoms with Gasteiger partial charge in [0, 0.05) is 17.5 Å². The predicted octanol–water partition coefficient (Wildman–Crippen LogP) is 3.14. The van der Waals surface area contributed by atoms with Crippen molar-refractivity contribution < 1.29 is 0 Å². The van der Waals surface area contributed by atoms with E-state index in [4.69, 9.17) is 4.98 Å². The third-order valence-corrected chi connectivity index (χ3v) is 5.34. The zero-order chi connectivity index (χ0) is 13.1. The Bertz CT molecular complexity index is 501. The van der Waals surface area contributed by atoms with Gasteiger partial charge >= 0.3 is 0 Å². The number of thioether (sulfide) groups is 1. The van der Waals surface area contributed by atoms with Crippen molar-refractivity contribution in [2.24, 2.45) is 0 Å². The molecule has 1 fully saturated rings. The van der Waals surface area contributed by atoms with Gasteiger partial charge in [-0.25, -0.2) is 4.98 Å². The van der Waals surface area contributed by atoms with Crippen LogP contribution in [-0.2, 0) is 12.8 Å². The second-order valence-corrected chi connectivity index (χ2v) is 6.73. The highest BCUT2D eigenvalue weighted by Gasteiger charge is 2.18. The third-order valence-electron chi connectivity index (χ3n) is 3.94. The number of pyridine rings is 1. The molecule has 1 aromatic heterocycles. The Balaban J connectivity index is 1.77. The van der Waals surface area contributed by atoms with Crippen molar-refractivity contribution >= 4 is 17.6 Å². The van der Waals surface area contributed by atoms with Gasteiger partial charge in [-0.1, -0.05) is 0 Å². The molecule has 2 heterocycles. The molecule has 0 aromatic carbocycles. The van der Waals surface area contributed by atoms with Gasteiger partial charge in [0.25, 0.3) is 0 Å². The summed E-state index contributed by atoms with van der Waals surface area (Å²) in [6.45, 7) is 0.936. The van der Waals surface area contributed by atoms with E-state index in [2.05, 4.69) is 11.4 Å². The van der Waals surface area contributed by atoms with Gasteiger partial charge in [-0.15, -0.1) is 0 Å². The molecule has 0 amide bonds. The van der Waals surface area contributed by atoms with Crippen molar-refractivity contribution in [2.45, 2.75) is 43.8 Å². The Morgan fingerprint density at radius 3 is 3.05 bits per heavy atom. The Hall–Kier alpha value is -1.21. The lowest BCUT2D eigenvalue weighted by Gasteiger charge is -2.18. The Kier molecular flexibility index (Phi) is 3.93. The molecule has 2 aliphatic rings. The van der Waals surface area contributed by atoms with E-state index in [9.17, 15) is 5.26 Å². The highest BCUT2D eigenvalue weighted by molar-refractivity contribution is 8.00. The molecule has 0 bridgehead atoms. The lowest BCUT2D eigenvalue weighted by Crippen LogP contribution is -2.17. The highest BCUT2D eigenvalue weighted by Crippen LogP contribution is 2.28. The van der Waals surface area contributed by atoms with Crippen LogP contribution in [0.4, 0.5) is 5.82 Å². The number of nitriles is 1. The lowest BCUT2D eigenvalue weighted by molar-refractivity contribution is 0.667. The number of fused-ring (bicyclic) bond motifs is 1. The summed E-state index contributed by atoms with van der Waals surface area (Å²) in [5.41, 5.74) is 3.19. The lowest BCUT2D eigenvalue weighted by atomic mass is 9.95. The van der Waals surface area contributed by atoms with Gasteiger partial charge in [0.05, 0.1) is 5.56 Å². The van der Waals surface area contributed by atoms with Crippen LogP contribution < -0.4 is 5.32 Å². The normalized spacial score (nSPS) is 21.7. The van der Waals surface area contributed by atoms with Gasteiger partial charge in [0.1, 0.15) is 11.9 Å². The van der Waals surface area contributed by atoms with Gasteiger partial charge in [-0.05, 0) is 55.9 Å². The molecule has 1 atom stereocenters. The van der Waals surface area contributed by atoms with Gasteiger partial charge < -0.3 is 5.32 Å². The first-order valence-corrected chi connectivity index (χ1v) is 8.20. The van der Waals surface area contributed by atoms with E-state index >= 15 is 0 Å². The molecule has 0 saturated carbocycles. The quantitative estimate of drug-likeness (QED) is 0.919. The van der Waals surface area contributed by atoms with E-state index in [1.807, 2.05) is 17.8 Å². The molecule has 1 aliphatic carbocycles. The van der Waals surface area contributed by atoms with Crippen LogP contribution in [0.2, 0.25) is 0 Å². The maximum absolute atomic E-state index is 9.28. The minimum Gasteiger partial charge on any atom is -0.368 e. The predicted molar refractivity (Wildman–Crippen MR) is 79.6 cm³/mol. The van der Waals surface area contributed by atoms with Gasteiger partial charge in [0.15, 0.2) is 0 Å². The highest BCUT2D eigenvalue weighted by atomic mass is 32.2. The third kappa shape index (κ3) is 2.87. The number of anilines is 1. The number of hydrogen-bond acceptors (Lipinski definition) is 4. The second kappa shape index (κ2) is 5.83. The van der Waals surface area contributed by atoms with Crippen molar-refractivity contribution in [2.75, 3.05) is 17.6 Å². The summed E-state index contributed by atoms with van der Waals surface area (Å²) in [4.78, 5) is 4.70. The van der Waals surface area contributed by atoms with Crippen molar-refractivity contribution in [3.63, 3.8) is 0 Å². The summed E-state index contributed by atoms with van der Waals surface area (Å²) in [6.07, 6.45) is 7.20. The summed E-state index contributed by atoms with van der Waals surface area (Å²) >= 11 is 2.03. The molecule has 100 valence electrons. The standard InChI is InChI=1S/C15H19N3S/c16-9-12-8-11-4-1-2-6-14(11)18-15(12)17-10-13-5-3-7-19-13/h8,13H,1-7,10H2,(H,17,18). The molecule has 1 N–H and O–H groups in total. The Morgan fingerprint density at radius 1 is 1.37 bits per heavy atom. The van der Waals surface area contributed by atoms with Crippen molar-refractivity contribution in [3.8, 4) is 6.07 Å². The monoisotopic (exact) mass is 273 g/mol. The molecule has 1 saturated heterocycles. The van der Waals surface area contributed by atoms with Crippen molar-refractivity contribution in [1.82, 2.24) is 4.98 Å². The average Bonchev–Trinajstić information content (AvgIpc) is 2.97. The molecule has 3 nitrogen and oxygen atoms in total. The van der Waals surface area contributed by atoms with Gasteiger partial charge in [-0.3, -0.25) is 0 Å². The molecule has 1 aliphatic heterocycles. The van der Waals surface area contributed by atoms with E-state index in [-0.39, 0.29) is 0 Å². The summed E-state index contributed by atoms with van der Waals surface area (Å²) < 4.78 is 0. The van der Waals surface area contributed by atoms with Crippen LogP contribution in [0.1, 0.15) is 42.5 Å². The van der Waals surface area contributed by atoms with Crippen LogP contribution in [0, 0.1) is 11.3 Å². The molecule has 1 aromatic rings. The summed E-state index contributed by atoms with van der Waals surface area (Å²) in [5.74, 6) is 2.07. The van der Waals surface area contributed by atoms with Crippen LogP contribution in [-0.4, -0.2) is 22.5 Å². The molecule has 3 rings (SSSR count). The molecular weight excluding hydrogens is 254 g/mol. The molecular formula is C15H19N3S. The van der Waals surface area contributed by atoms with E-state index in [1.165, 1.54) is 42.7 Å².